The minimum atomic E-state index is 0.572. The molecule has 0 atom stereocenters. The minimum absolute atomic E-state index is 0.572. The number of benzene rings is 6. The molecule has 6 nitrogen and oxygen atoms in total. The second kappa shape index (κ2) is 11.2. The van der Waals surface area contributed by atoms with Crippen molar-refractivity contribution in [3.63, 3.8) is 0 Å². The van der Waals surface area contributed by atoms with E-state index < -0.39 is 0 Å². The fourth-order valence-corrected chi connectivity index (χ4v) is 7.74. The molecule has 8 heteroatoms. The van der Waals surface area contributed by atoms with Gasteiger partial charge < -0.3 is 9.30 Å². The van der Waals surface area contributed by atoms with Crippen molar-refractivity contribution in [3.8, 4) is 28.7 Å². The predicted molar refractivity (Wildman–Crippen MR) is 204 cm³/mol. The summed E-state index contributed by atoms with van der Waals surface area (Å²) >= 11 is 13.6. The molecule has 0 saturated carbocycles. The van der Waals surface area contributed by atoms with Gasteiger partial charge in [0.1, 0.15) is 23.6 Å². The standard InChI is InChI=1S/C42H25Cl2N5O/c43-33-13-8-14-34(44)42(33)49-37-17-5-2-12-30(37)32-24-45-41(23-40(32)49)48-36-16-4-1-11-29(36)31-20-19-28(22-39(31)48)50-27-10-7-9-26(21-27)47-25-46-35-15-3-6-18-38(35)47/h1-25H. The fourth-order valence-electron chi connectivity index (χ4n) is 7.18. The molecule has 0 saturated heterocycles. The first-order chi connectivity index (χ1) is 24.6. The van der Waals surface area contributed by atoms with Crippen LogP contribution in [-0.4, -0.2) is 23.7 Å². The number of fused-ring (bicyclic) bond motifs is 7. The summed E-state index contributed by atoms with van der Waals surface area (Å²) in [4.78, 5) is 9.63. The minimum Gasteiger partial charge on any atom is -0.457 e. The van der Waals surface area contributed by atoms with Gasteiger partial charge >= 0.3 is 0 Å². The number of hydrogen-bond donors (Lipinski definition) is 0. The van der Waals surface area contributed by atoms with Crippen LogP contribution in [0.2, 0.25) is 10.0 Å². The summed E-state index contributed by atoms with van der Waals surface area (Å²) in [5.41, 5.74) is 7.66. The molecule has 50 heavy (non-hydrogen) atoms. The van der Waals surface area contributed by atoms with Crippen LogP contribution >= 0.6 is 23.2 Å². The van der Waals surface area contributed by atoms with Gasteiger partial charge in [-0.05, 0) is 60.7 Å². The van der Waals surface area contributed by atoms with E-state index >= 15 is 0 Å². The van der Waals surface area contributed by atoms with Crippen LogP contribution in [0.1, 0.15) is 0 Å². The Hall–Kier alpha value is -6.08. The molecule has 0 unspecified atom stereocenters. The van der Waals surface area contributed by atoms with E-state index in [0.717, 1.165) is 77.6 Å². The Morgan fingerprint density at radius 3 is 1.94 bits per heavy atom. The Labute approximate surface area is 295 Å². The van der Waals surface area contributed by atoms with E-state index in [1.54, 1.807) is 0 Å². The second-order valence-electron chi connectivity index (χ2n) is 12.2. The van der Waals surface area contributed by atoms with E-state index in [2.05, 4.69) is 85.4 Å². The first-order valence-corrected chi connectivity index (χ1v) is 17.0. The highest BCUT2D eigenvalue weighted by Crippen LogP contribution is 2.40. The Bertz CT molecular complexity index is 2940. The van der Waals surface area contributed by atoms with Gasteiger partial charge in [0.2, 0.25) is 0 Å². The van der Waals surface area contributed by atoms with Gasteiger partial charge in [-0.2, -0.15) is 0 Å². The number of pyridine rings is 1. The summed E-state index contributed by atoms with van der Waals surface area (Å²) < 4.78 is 12.9. The van der Waals surface area contributed by atoms with Gasteiger partial charge in [-0.3, -0.25) is 9.13 Å². The number of para-hydroxylation sites is 5. The third-order valence-corrected chi connectivity index (χ3v) is 9.97. The molecule has 0 aliphatic rings. The fraction of sp³-hybridized carbons (Fsp3) is 0. The summed E-state index contributed by atoms with van der Waals surface area (Å²) in [7, 11) is 0. The molecule has 0 radical (unpaired) electrons. The van der Waals surface area contributed by atoms with Crippen LogP contribution in [0, 0.1) is 0 Å². The van der Waals surface area contributed by atoms with Gasteiger partial charge in [0.25, 0.3) is 0 Å². The van der Waals surface area contributed by atoms with Gasteiger partial charge in [-0.25, -0.2) is 9.97 Å². The molecular weight excluding hydrogens is 661 g/mol. The third kappa shape index (κ3) is 4.43. The van der Waals surface area contributed by atoms with Gasteiger partial charge in [0.15, 0.2) is 0 Å². The van der Waals surface area contributed by atoms with Crippen molar-refractivity contribution >= 4 is 77.8 Å². The van der Waals surface area contributed by atoms with Crippen LogP contribution in [-0.2, 0) is 0 Å². The number of ether oxygens (including phenoxy) is 1. The highest BCUT2D eigenvalue weighted by Gasteiger charge is 2.20. The van der Waals surface area contributed by atoms with Gasteiger partial charge in [-0.1, -0.05) is 83.9 Å². The Morgan fingerprint density at radius 2 is 1.12 bits per heavy atom. The number of hydrogen-bond acceptors (Lipinski definition) is 3. The molecule has 4 heterocycles. The number of halogens is 2. The van der Waals surface area contributed by atoms with Gasteiger partial charge in [0.05, 0.1) is 54.5 Å². The van der Waals surface area contributed by atoms with Gasteiger partial charge in [-0.15, -0.1) is 0 Å². The molecule has 0 fully saturated rings. The molecule has 0 amide bonds. The van der Waals surface area contributed by atoms with E-state index in [0.29, 0.717) is 15.8 Å². The van der Waals surface area contributed by atoms with Gasteiger partial charge in [0, 0.05) is 45.9 Å². The van der Waals surface area contributed by atoms with E-state index in [-0.39, 0.29) is 0 Å². The molecule has 4 aromatic heterocycles. The van der Waals surface area contributed by atoms with Crippen molar-refractivity contribution in [3.05, 3.63) is 162 Å². The maximum atomic E-state index is 6.82. The summed E-state index contributed by atoms with van der Waals surface area (Å²) in [6.07, 6.45) is 3.79. The number of imidazole rings is 1. The lowest BCUT2D eigenvalue weighted by molar-refractivity contribution is 0.483. The van der Waals surface area contributed by atoms with Crippen molar-refractivity contribution in [1.29, 1.82) is 0 Å². The lowest BCUT2D eigenvalue weighted by Gasteiger charge is -2.13. The van der Waals surface area contributed by atoms with Crippen LogP contribution in [0.15, 0.2) is 152 Å². The van der Waals surface area contributed by atoms with Crippen molar-refractivity contribution in [1.82, 2.24) is 23.7 Å². The molecule has 238 valence electrons. The van der Waals surface area contributed by atoms with Crippen LogP contribution in [0.4, 0.5) is 0 Å². The third-order valence-electron chi connectivity index (χ3n) is 9.36. The first kappa shape index (κ1) is 28.9. The number of aromatic nitrogens is 5. The highest BCUT2D eigenvalue weighted by atomic mass is 35.5. The largest absolute Gasteiger partial charge is 0.457 e. The average molecular weight is 687 g/mol. The van der Waals surface area contributed by atoms with Crippen LogP contribution in [0.25, 0.3) is 71.8 Å². The molecule has 0 N–H and O–H groups in total. The van der Waals surface area contributed by atoms with Crippen LogP contribution < -0.4 is 4.74 Å². The van der Waals surface area contributed by atoms with E-state index in [1.807, 2.05) is 85.3 Å². The first-order valence-electron chi connectivity index (χ1n) is 16.2. The second-order valence-corrected chi connectivity index (χ2v) is 13.0. The molecule has 0 aliphatic carbocycles. The van der Waals surface area contributed by atoms with E-state index in [4.69, 9.17) is 32.9 Å². The zero-order valence-electron chi connectivity index (χ0n) is 26.3. The number of nitrogens with zero attached hydrogens (tertiary/aromatic N) is 5. The number of rotatable bonds is 5. The summed E-state index contributed by atoms with van der Waals surface area (Å²) in [6, 6.07) is 46.7. The summed E-state index contributed by atoms with van der Waals surface area (Å²) in [5, 5.41) is 5.45. The van der Waals surface area contributed by atoms with E-state index in [1.165, 1.54) is 0 Å². The van der Waals surface area contributed by atoms with Crippen LogP contribution in [0.5, 0.6) is 11.5 Å². The zero-order valence-corrected chi connectivity index (χ0v) is 27.8. The van der Waals surface area contributed by atoms with Crippen LogP contribution in [0.3, 0.4) is 0 Å². The average Bonchev–Trinajstić information content (AvgIpc) is 3.82. The Morgan fingerprint density at radius 1 is 0.480 bits per heavy atom. The summed E-state index contributed by atoms with van der Waals surface area (Å²) in [6.45, 7) is 0. The van der Waals surface area contributed by atoms with E-state index in [9.17, 15) is 0 Å². The molecule has 10 aromatic rings. The van der Waals surface area contributed by atoms with Crippen molar-refractivity contribution < 1.29 is 4.74 Å². The quantitative estimate of drug-likeness (QED) is 0.181. The van der Waals surface area contributed by atoms with Crippen molar-refractivity contribution in [2.24, 2.45) is 0 Å². The maximum Gasteiger partial charge on any atom is 0.139 e. The van der Waals surface area contributed by atoms with Crippen molar-refractivity contribution in [2.45, 2.75) is 0 Å². The molecule has 10 rings (SSSR count). The normalized spacial score (nSPS) is 11.8. The topological polar surface area (TPSA) is 49.8 Å². The smallest absolute Gasteiger partial charge is 0.139 e. The monoisotopic (exact) mass is 685 g/mol. The lowest BCUT2D eigenvalue weighted by Crippen LogP contribution is -2.00. The molecule has 0 aliphatic heterocycles. The predicted octanol–water partition coefficient (Wildman–Crippen LogP) is 11.7. The lowest BCUT2D eigenvalue weighted by atomic mass is 10.1. The zero-order chi connectivity index (χ0) is 33.3. The molecule has 0 bridgehead atoms. The van der Waals surface area contributed by atoms with Crippen molar-refractivity contribution in [2.75, 3.05) is 0 Å². The molecule has 0 spiro atoms. The molecular formula is C42H25Cl2N5O. The Balaban J connectivity index is 1.14. The summed E-state index contributed by atoms with van der Waals surface area (Å²) in [5.74, 6) is 2.21. The highest BCUT2D eigenvalue weighted by molar-refractivity contribution is 6.38. The molecule has 6 aromatic carbocycles. The SMILES string of the molecule is Clc1cccc(Cl)c1-n1c2ccccc2c2cnc(-n3c4ccccc4c4ccc(Oc5cccc(-n6cnc7ccccc76)c5)cc43)cc21. The Kier molecular flexibility index (Phi) is 6.49. The maximum absolute atomic E-state index is 6.82.